The van der Waals surface area contributed by atoms with Gasteiger partial charge in [0.2, 0.25) is 0 Å². The van der Waals surface area contributed by atoms with Crippen molar-refractivity contribution in [2.75, 3.05) is 12.4 Å². The van der Waals surface area contributed by atoms with E-state index >= 15 is 0 Å². The molecule has 1 N–H and O–H groups in total. The number of carbonyl (C=O) groups excluding carboxylic acids is 1. The second kappa shape index (κ2) is 5.70. The number of aromatic nitrogens is 2. The Balaban J connectivity index is 1.74. The van der Waals surface area contributed by atoms with Gasteiger partial charge in [-0.2, -0.15) is 0 Å². The minimum Gasteiger partial charge on any atom is -0.497 e. The van der Waals surface area contributed by atoms with E-state index in [1.807, 2.05) is 29.8 Å². The van der Waals surface area contributed by atoms with Crippen molar-refractivity contribution in [3.63, 3.8) is 0 Å². The van der Waals surface area contributed by atoms with Crippen LogP contribution in [0.5, 0.6) is 5.75 Å². The minimum absolute atomic E-state index is 0.121. The minimum atomic E-state index is -0.121. The molecule has 0 aliphatic heterocycles. The number of hydrogen-bond donors (Lipinski definition) is 1. The first-order chi connectivity index (χ1) is 11.2. The van der Waals surface area contributed by atoms with Crippen molar-refractivity contribution in [2.45, 2.75) is 19.4 Å². The molecule has 1 fully saturated rings. The lowest BCUT2D eigenvalue weighted by atomic mass is 10.1. The summed E-state index contributed by atoms with van der Waals surface area (Å²) in [6.07, 6.45) is 6.17. The molecule has 0 saturated heterocycles. The van der Waals surface area contributed by atoms with Crippen LogP contribution in [0.2, 0.25) is 0 Å². The number of hydrogen-bond acceptors (Lipinski definition) is 4. The van der Waals surface area contributed by atoms with Gasteiger partial charge in [0.1, 0.15) is 5.75 Å². The Morgan fingerprint density at radius 2 is 2.35 bits per heavy atom. The molecule has 0 radical (unpaired) electrons. The zero-order chi connectivity index (χ0) is 15.8. The molecule has 2 aromatic heterocycles. The maximum absolute atomic E-state index is 12.6. The normalized spacial score (nSPS) is 14.1. The lowest BCUT2D eigenvalue weighted by Crippen LogP contribution is -2.11. The number of nitrogens with zero attached hydrogens (tertiary/aromatic N) is 2. The number of thiazole rings is 1. The smallest absolute Gasteiger partial charge is 0.259 e. The van der Waals surface area contributed by atoms with Crippen molar-refractivity contribution in [1.82, 2.24) is 9.55 Å². The lowest BCUT2D eigenvalue weighted by Gasteiger charge is -2.05. The molecular weight excluding hydrogens is 310 g/mol. The summed E-state index contributed by atoms with van der Waals surface area (Å²) >= 11 is 1.41. The number of rotatable bonds is 5. The van der Waals surface area contributed by atoms with E-state index in [-0.39, 0.29) is 5.91 Å². The van der Waals surface area contributed by atoms with Crippen molar-refractivity contribution in [1.29, 1.82) is 0 Å². The van der Waals surface area contributed by atoms with Crippen molar-refractivity contribution in [2.24, 2.45) is 5.92 Å². The molecule has 4 rings (SSSR count). The van der Waals surface area contributed by atoms with Gasteiger partial charge in [-0.25, -0.2) is 4.98 Å². The molecule has 3 aromatic rings. The van der Waals surface area contributed by atoms with Gasteiger partial charge in [0, 0.05) is 35.8 Å². The molecule has 5 nitrogen and oxygen atoms in total. The van der Waals surface area contributed by atoms with E-state index in [0.29, 0.717) is 10.7 Å². The molecule has 1 aliphatic rings. The second-order valence-corrected chi connectivity index (χ2v) is 6.71. The number of fused-ring (bicyclic) bond motifs is 1. The van der Waals surface area contributed by atoms with Crippen LogP contribution in [0.3, 0.4) is 0 Å². The van der Waals surface area contributed by atoms with Crippen molar-refractivity contribution >= 4 is 33.3 Å². The summed E-state index contributed by atoms with van der Waals surface area (Å²) in [6.45, 7) is 0.953. The van der Waals surface area contributed by atoms with Gasteiger partial charge in [0.05, 0.1) is 18.2 Å². The molecule has 118 valence electrons. The Labute approximate surface area is 137 Å². The van der Waals surface area contributed by atoms with Gasteiger partial charge in [0.25, 0.3) is 5.91 Å². The van der Waals surface area contributed by atoms with Crippen LogP contribution >= 0.6 is 11.3 Å². The molecule has 0 atom stereocenters. The number of anilines is 1. The Morgan fingerprint density at radius 1 is 1.48 bits per heavy atom. The fourth-order valence-corrected chi connectivity index (χ4v) is 3.28. The van der Waals surface area contributed by atoms with E-state index in [2.05, 4.69) is 14.9 Å². The van der Waals surface area contributed by atoms with Crippen LogP contribution in [0.4, 0.5) is 5.13 Å². The highest BCUT2D eigenvalue weighted by Gasteiger charge is 2.24. The molecule has 23 heavy (non-hydrogen) atoms. The van der Waals surface area contributed by atoms with E-state index in [1.165, 1.54) is 24.2 Å². The Morgan fingerprint density at radius 3 is 3.04 bits per heavy atom. The van der Waals surface area contributed by atoms with E-state index < -0.39 is 0 Å². The topological polar surface area (TPSA) is 56.1 Å². The fourth-order valence-electron chi connectivity index (χ4n) is 2.76. The maximum atomic E-state index is 12.6. The molecule has 0 unspecified atom stereocenters. The average molecular weight is 327 g/mol. The Hall–Kier alpha value is -2.34. The predicted octanol–water partition coefficient (Wildman–Crippen LogP) is 3.77. The van der Waals surface area contributed by atoms with E-state index in [9.17, 15) is 4.79 Å². The molecule has 1 aromatic carbocycles. The molecule has 1 amide bonds. The Bertz CT molecular complexity index is 850. The third-order valence-corrected chi connectivity index (χ3v) is 4.83. The van der Waals surface area contributed by atoms with E-state index in [4.69, 9.17) is 4.74 Å². The zero-order valence-corrected chi connectivity index (χ0v) is 13.6. The van der Waals surface area contributed by atoms with Gasteiger partial charge in [-0.3, -0.25) is 10.1 Å². The highest BCUT2D eigenvalue weighted by atomic mass is 32.1. The highest BCUT2D eigenvalue weighted by Crippen LogP contribution is 2.34. The quantitative estimate of drug-likeness (QED) is 0.776. The van der Waals surface area contributed by atoms with Crippen LogP contribution in [-0.4, -0.2) is 22.6 Å². The SMILES string of the molecule is COc1ccc2c(C(=O)Nc3nccs3)cn(CC3CC3)c2c1. The number of amides is 1. The Kier molecular flexibility index (Phi) is 3.53. The summed E-state index contributed by atoms with van der Waals surface area (Å²) in [5.41, 5.74) is 1.72. The number of ether oxygens (including phenoxy) is 1. The molecule has 6 heteroatoms. The van der Waals surface area contributed by atoms with Gasteiger partial charge in [-0.1, -0.05) is 0 Å². The summed E-state index contributed by atoms with van der Waals surface area (Å²) in [4.78, 5) is 16.7. The first-order valence-electron chi connectivity index (χ1n) is 7.62. The van der Waals surface area contributed by atoms with Crippen LogP contribution in [0, 0.1) is 5.92 Å². The van der Waals surface area contributed by atoms with Gasteiger partial charge in [-0.15, -0.1) is 11.3 Å². The molecule has 2 heterocycles. The summed E-state index contributed by atoms with van der Waals surface area (Å²) < 4.78 is 7.50. The van der Waals surface area contributed by atoms with Gasteiger partial charge in [-0.05, 0) is 30.9 Å². The van der Waals surface area contributed by atoms with Gasteiger partial charge in [0.15, 0.2) is 5.13 Å². The summed E-state index contributed by atoms with van der Waals surface area (Å²) in [6, 6.07) is 5.84. The second-order valence-electron chi connectivity index (χ2n) is 5.81. The monoisotopic (exact) mass is 327 g/mol. The first-order valence-corrected chi connectivity index (χ1v) is 8.50. The fraction of sp³-hybridized carbons (Fsp3) is 0.294. The third kappa shape index (κ3) is 2.82. The zero-order valence-electron chi connectivity index (χ0n) is 12.8. The highest BCUT2D eigenvalue weighted by molar-refractivity contribution is 7.13. The molecule has 1 aliphatic carbocycles. The van der Waals surface area contributed by atoms with Crippen LogP contribution < -0.4 is 10.1 Å². The van der Waals surface area contributed by atoms with Crippen molar-refractivity contribution < 1.29 is 9.53 Å². The first kappa shape index (κ1) is 14.3. The van der Waals surface area contributed by atoms with Crippen LogP contribution in [-0.2, 0) is 6.54 Å². The van der Waals surface area contributed by atoms with Gasteiger partial charge >= 0.3 is 0 Å². The molecule has 0 spiro atoms. The summed E-state index contributed by atoms with van der Waals surface area (Å²) in [5.74, 6) is 1.41. The third-order valence-electron chi connectivity index (χ3n) is 4.14. The standard InChI is InChI=1S/C17H17N3O2S/c1-22-12-4-5-13-14(16(21)19-17-18-6-7-23-17)10-20(15(13)8-12)9-11-2-3-11/h4-8,10-11H,2-3,9H2,1H3,(H,18,19,21). The van der Waals surface area contributed by atoms with Crippen LogP contribution in [0.25, 0.3) is 10.9 Å². The maximum Gasteiger partial charge on any atom is 0.259 e. The summed E-state index contributed by atoms with van der Waals surface area (Å²) in [5, 5.41) is 6.27. The molecule has 1 saturated carbocycles. The largest absolute Gasteiger partial charge is 0.497 e. The van der Waals surface area contributed by atoms with E-state index in [1.54, 1.807) is 13.3 Å². The summed E-state index contributed by atoms with van der Waals surface area (Å²) in [7, 11) is 1.66. The van der Waals surface area contributed by atoms with Crippen molar-refractivity contribution in [3.05, 3.63) is 41.5 Å². The van der Waals surface area contributed by atoms with E-state index in [0.717, 1.165) is 29.1 Å². The average Bonchev–Trinajstić information content (AvgIpc) is 3.09. The number of methoxy groups -OCH3 is 1. The number of benzene rings is 1. The molecule has 0 bridgehead atoms. The molecular formula is C17H17N3O2S. The number of carbonyl (C=O) groups is 1. The van der Waals surface area contributed by atoms with Crippen molar-refractivity contribution in [3.8, 4) is 5.75 Å². The predicted molar refractivity (Wildman–Crippen MR) is 91.3 cm³/mol. The number of nitrogens with one attached hydrogen (secondary N) is 1. The van der Waals surface area contributed by atoms with Crippen LogP contribution in [0.1, 0.15) is 23.2 Å². The van der Waals surface area contributed by atoms with Gasteiger partial charge < -0.3 is 9.30 Å². The lowest BCUT2D eigenvalue weighted by molar-refractivity contribution is 0.102. The van der Waals surface area contributed by atoms with Crippen LogP contribution in [0.15, 0.2) is 36.0 Å².